The van der Waals surface area contributed by atoms with E-state index in [9.17, 15) is 27.6 Å². The van der Waals surface area contributed by atoms with Gasteiger partial charge in [-0.1, -0.05) is 40.5 Å². The summed E-state index contributed by atoms with van der Waals surface area (Å²) in [5, 5.41) is 12.0. The number of halogens is 6. The Bertz CT molecular complexity index is 1330. The van der Waals surface area contributed by atoms with E-state index in [1.165, 1.54) is 17.0 Å². The van der Waals surface area contributed by atoms with Crippen molar-refractivity contribution in [2.75, 3.05) is 13.1 Å². The zero-order chi connectivity index (χ0) is 27.2. The van der Waals surface area contributed by atoms with E-state index in [4.69, 9.17) is 28.0 Å². The van der Waals surface area contributed by atoms with Gasteiger partial charge in [-0.05, 0) is 55.2 Å². The van der Waals surface area contributed by atoms with E-state index in [-0.39, 0.29) is 24.7 Å². The first-order valence-electron chi connectivity index (χ1n) is 11.3. The molecule has 1 aliphatic heterocycles. The van der Waals surface area contributed by atoms with Gasteiger partial charge in [-0.3, -0.25) is 4.79 Å². The van der Waals surface area contributed by atoms with Gasteiger partial charge in [0.1, 0.15) is 0 Å². The number of carbonyl (C=O) groups is 1. The van der Waals surface area contributed by atoms with E-state index in [0.717, 1.165) is 12.1 Å². The minimum absolute atomic E-state index is 0.0136. The quantitative estimate of drug-likeness (QED) is 0.211. The van der Waals surface area contributed by atoms with Crippen molar-refractivity contribution in [1.82, 2.24) is 4.90 Å². The molecule has 0 bridgehead atoms. The van der Waals surface area contributed by atoms with Crippen LogP contribution in [0.15, 0.2) is 48.1 Å². The van der Waals surface area contributed by atoms with Crippen LogP contribution >= 0.6 is 23.2 Å². The third kappa shape index (κ3) is 4.92. The lowest BCUT2D eigenvalue weighted by atomic mass is 9.86. The Morgan fingerprint density at radius 3 is 2.43 bits per heavy atom. The van der Waals surface area contributed by atoms with Crippen molar-refractivity contribution >= 4 is 34.8 Å². The predicted molar refractivity (Wildman–Crippen MR) is 131 cm³/mol. The molecule has 0 saturated heterocycles. The minimum Gasteiger partial charge on any atom is -0.374 e. The molecule has 11 heteroatoms. The fourth-order valence-electron chi connectivity index (χ4n) is 4.30. The molecule has 0 spiro atoms. The summed E-state index contributed by atoms with van der Waals surface area (Å²) in [6, 6.07) is 8.46. The van der Waals surface area contributed by atoms with Gasteiger partial charge in [0.05, 0.1) is 27.2 Å². The zero-order valence-corrected chi connectivity index (χ0v) is 21.1. The van der Waals surface area contributed by atoms with E-state index in [2.05, 4.69) is 17.8 Å². The van der Waals surface area contributed by atoms with Crippen molar-refractivity contribution in [3.63, 3.8) is 0 Å². The van der Waals surface area contributed by atoms with E-state index in [1.54, 1.807) is 19.1 Å². The van der Waals surface area contributed by atoms with Gasteiger partial charge < -0.3 is 9.74 Å². The van der Waals surface area contributed by atoms with Crippen molar-refractivity contribution in [1.29, 1.82) is 5.26 Å². The first-order valence-corrected chi connectivity index (χ1v) is 12.0. The molecule has 37 heavy (non-hydrogen) atoms. The molecule has 1 saturated carbocycles. The van der Waals surface area contributed by atoms with Gasteiger partial charge in [-0.15, -0.1) is 6.58 Å². The topological polar surface area (TPSA) is 65.7 Å². The molecule has 1 aliphatic carbocycles. The van der Waals surface area contributed by atoms with Crippen molar-refractivity contribution in [2.24, 2.45) is 10.6 Å². The lowest BCUT2D eigenvalue weighted by Crippen LogP contribution is -2.42. The van der Waals surface area contributed by atoms with Crippen LogP contribution in [0.4, 0.5) is 17.6 Å². The molecule has 0 aromatic heterocycles. The zero-order valence-electron chi connectivity index (χ0n) is 19.6. The van der Waals surface area contributed by atoms with E-state index in [0.29, 0.717) is 29.5 Å². The second kappa shape index (κ2) is 9.66. The maximum absolute atomic E-state index is 14.3. The summed E-state index contributed by atoms with van der Waals surface area (Å²) >= 11 is 11.5. The summed E-state index contributed by atoms with van der Waals surface area (Å²) in [6.07, 6.45) is -2.64. The molecule has 2 aliphatic rings. The largest absolute Gasteiger partial charge is 0.435 e. The summed E-state index contributed by atoms with van der Waals surface area (Å²) in [5.41, 5.74) is -2.77. The highest BCUT2D eigenvalue weighted by molar-refractivity contribution is 6.35. The normalized spacial score (nSPS) is 20.0. The predicted octanol–water partition coefficient (Wildman–Crippen LogP) is 6.96. The number of amides is 1. The maximum Gasteiger partial charge on any atom is 0.435 e. The van der Waals surface area contributed by atoms with Crippen molar-refractivity contribution < 1.29 is 27.2 Å². The van der Waals surface area contributed by atoms with Crippen LogP contribution in [-0.4, -0.2) is 35.8 Å². The first kappa shape index (κ1) is 27.0. The molecule has 0 radical (unpaired) electrons. The van der Waals surface area contributed by atoms with Crippen LogP contribution in [0, 0.1) is 29.5 Å². The first-order chi connectivity index (χ1) is 17.4. The van der Waals surface area contributed by atoms with Crippen LogP contribution in [0.3, 0.4) is 0 Å². The molecular formula is C26H21Cl2F4N3O2. The Kier molecular flexibility index (Phi) is 7.04. The number of alkyl halides is 3. The summed E-state index contributed by atoms with van der Waals surface area (Å²) < 4.78 is 56.7. The fraction of sp³-hybridized carbons (Fsp3) is 0.346. The highest BCUT2D eigenvalue weighted by Gasteiger charge is 2.62. The number of rotatable bonds is 7. The molecule has 1 unspecified atom stereocenters. The highest BCUT2D eigenvalue weighted by atomic mass is 35.5. The minimum atomic E-state index is -4.93. The second-order valence-corrected chi connectivity index (χ2v) is 10.1. The van der Waals surface area contributed by atoms with Crippen molar-refractivity contribution in [2.45, 2.75) is 38.0 Å². The number of hydrogen-bond acceptors (Lipinski definition) is 4. The molecule has 0 N–H and O–H groups in total. The Morgan fingerprint density at radius 2 is 1.92 bits per heavy atom. The smallest absolute Gasteiger partial charge is 0.374 e. The summed E-state index contributed by atoms with van der Waals surface area (Å²) in [5.74, 6) is -1.34. The van der Waals surface area contributed by atoms with E-state index < -0.39 is 45.0 Å². The molecule has 2 aromatic carbocycles. The molecule has 194 valence electrons. The van der Waals surface area contributed by atoms with Gasteiger partial charge in [-0.2, -0.15) is 18.4 Å². The van der Waals surface area contributed by atoms with Crippen molar-refractivity contribution in [3.05, 3.63) is 81.1 Å². The molecular weight excluding hydrogens is 533 g/mol. The van der Waals surface area contributed by atoms with Crippen molar-refractivity contribution in [3.8, 4) is 6.07 Å². The number of carbonyl (C=O) groups excluding carboxylic acids is 1. The fourth-order valence-corrected chi connectivity index (χ4v) is 4.78. The second-order valence-electron chi connectivity index (χ2n) is 9.28. The molecule has 1 heterocycles. The summed E-state index contributed by atoms with van der Waals surface area (Å²) in [7, 11) is 0. The van der Waals surface area contributed by atoms with Crippen LogP contribution < -0.4 is 0 Å². The number of benzene rings is 2. The number of nitrogens with zero attached hydrogens (tertiary/aromatic N) is 3. The Hall–Kier alpha value is -3.09. The van der Waals surface area contributed by atoms with Gasteiger partial charge in [0, 0.05) is 30.6 Å². The highest BCUT2D eigenvalue weighted by Crippen LogP contribution is 2.50. The lowest BCUT2D eigenvalue weighted by molar-refractivity contribution is -0.275. The van der Waals surface area contributed by atoms with Crippen LogP contribution in [0.1, 0.15) is 46.3 Å². The van der Waals surface area contributed by atoms with Crippen LogP contribution in [0.2, 0.25) is 10.0 Å². The van der Waals surface area contributed by atoms with Crippen LogP contribution in [-0.2, 0) is 10.4 Å². The molecule has 1 amide bonds. The van der Waals surface area contributed by atoms with Gasteiger partial charge in [-0.25, -0.2) is 4.39 Å². The lowest BCUT2D eigenvalue weighted by Gasteiger charge is -2.29. The molecule has 1 atom stereocenters. The average molecular weight is 554 g/mol. The van der Waals surface area contributed by atoms with E-state index >= 15 is 0 Å². The third-order valence-electron chi connectivity index (χ3n) is 6.65. The van der Waals surface area contributed by atoms with Gasteiger partial charge in [0.15, 0.2) is 5.82 Å². The standard InChI is InChI=1S/C26H21Cl2F4N3O2/c1-3-8-35(14-24(13-33)6-7-24)23(36)18-5-4-16(9-15(18)2)21-12-25(37-34-21,26(30,31)32)17-10-19(27)22(29)20(28)11-17/h3-5,9-11H,1,6-8,12,14H2,2H3. The Labute approximate surface area is 220 Å². The van der Waals surface area contributed by atoms with Gasteiger partial charge in [0.2, 0.25) is 0 Å². The summed E-state index contributed by atoms with van der Waals surface area (Å²) in [4.78, 5) is 19.7. The third-order valence-corrected chi connectivity index (χ3v) is 7.20. The number of hydrogen-bond donors (Lipinski definition) is 0. The SMILES string of the molecule is C=CCN(CC1(C#N)CC1)C(=O)c1ccc(C2=NOC(c3cc(Cl)c(F)c(Cl)c3)(C(F)(F)F)C2)cc1C. The number of aryl methyl sites for hydroxylation is 1. The molecule has 4 rings (SSSR count). The maximum atomic E-state index is 14.3. The molecule has 1 fully saturated rings. The average Bonchev–Trinajstić information content (AvgIpc) is 3.46. The van der Waals surface area contributed by atoms with Gasteiger partial charge in [0.25, 0.3) is 11.5 Å². The van der Waals surface area contributed by atoms with Crippen LogP contribution in [0.25, 0.3) is 0 Å². The van der Waals surface area contributed by atoms with E-state index in [1.807, 2.05) is 0 Å². The van der Waals surface area contributed by atoms with Crippen LogP contribution in [0.5, 0.6) is 0 Å². The number of oxime groups is 1. The molecule has 2 aromatic rings. The number of nitriles is 1. The monoisotopic (exact) mass is 553 g/mol. The molecule has 5 nitrogen and oxygen atoms in total. The Balaban J connectivity index is 1.62. The summed E-state index contributed by atoms with van der Waals surface area (Å²) in [6.45, 7) is 5.86. The van der Waals surface area contributed by atoms with Gasteiger partial charge >= 0.3 is 6.18 Å². The Morgan fingerprint density at radius 1 is 1.27 bits per heavy atom.